The number of nitrogens with one attached hydrogen (secondary N) is 2. The van der Waals surface area contributed by atoms with Crippen molar-refractivity contribution < 1.29 is 13.2 Å². The molecular formula is C11H17F3N4. The number of hydrogen-bond acceptors (Lipinski definition) is 3. The van der Waals surface area contributed by atoms with Gasteiger partial charge in [-0.2, -0.15) is 18.2 Å². The lowest BCUT2D eigenvalue weighted by atomic mass is 10.1. The normalized spacial score (nSPS) is 19.1. The second-order valence-corrected chi connectivity index (χ2v) is 4.85. The molecule has 2 rings (SSSR count). The zero-order valence-electron chi connectivity index (χ0n) is 10.2. The molecule has 1 aliphatic carbocycles. The summed E-state index contributed by atoms with van der Waals surface area (Å²) in [7, 11) is 0. The van der Waals surface area contributed by atoms with E-state index in [0.29, 0.717) is 5.92 Å². The highest BCUT2D eigenvalue weighted by Gasteiger charge is 2.35. The van der Waals surface area contributed by atoms with Crippen LogP contribution < -0.4 is 5.32 Å². The van der Waals surface area contributed by atoms with Crippen LogP contribution in [0.4, 0.5) is 19.1 Å². The fourth-order valence-corrected chi connectivity index (χ4v) is 2.10. The van der Waals surface area contributed by atoms with Gasteiger partial charge in [-0.3, -0.25) is 5.10 Å². The summed E-state index contributed by atoms with van der Waals surface area (Å²) in [5.41, 5.74) is 0. The van der Waals surface area contributed by atoms with E-state index in [-0.39, 0.29) is 12.5 Å². The number of halogens is 3. The first-order chi connectivity index (χ1) is 8.47. The van der Waals surface area contributed by atoms with Gasteiger partial charge in [-0.25, -0.2) is 0 Å². The van der Waals surface area contributed by atoms with Gasteiger partial charge in [0.25, 0.3) is 0 Å². The summed E-state index contributed by atoms with van der Waals surface area (Å²) in [4.78, 5) is 4.20. The minimum absolute atomic E-state index is 0.203. The molecule has 1 atom stereocenters. The Morgan fingerprint density at radius 3 is 2.67 bits per heavy atom. The van der Waals surface area contributed by atoms with E-state index < -0.39 is 12.1 Å². The van der Waals surface area contributed by atoms with E-state index in [2.05, 4.69) is 20.5 Å². The molecule has 0 radical (unpaired) electrons. The molecular weight excluding hydrogens is 245 g/mol. The number of rotatable bonds is 4. The molecule has 7 heteroatoms. The summed E-state index contributed by atoms with van der Waals surface area (Å²) in [5, 5.41) is 9.33. The largest absolute Gasteiger partial charge is 0.393 e. The zero-order chi connectivity index (χ0) is 13.2. The van der Waals surface area contributed by atoms with Gasteiger partial charge in [-0.1, -0.05) is 19.8 Å². The van der Waals surface area contributed by atoms with Crippen LogP contribution in [0.15, 0.2) is 0 Å². The van der Waals surface area contributed by atoms with E-state index in [1.54, 1.807) is 0 Å². The van der Waals surface area contributed by atoms with Crippen molar-refractivity contribution >= 4 is 5.95 Å². The van der Waals surface area contributed by atoms with Gasteiger partial charge in [0.1, 0.15) is 5.82 Å². The third-order valence-corrected chi connectivity index (χ3v) is 3.37. The summed E-state index contributed by atoms with van der Waals surface area (Å²) >= 11 is 0. The van der Waals surface area contributed by atoms with Crippen molar-refractivity contribution in [2.24, 2.45) is 5.92 Å². The Kier molecular flexibility index (Phi) is 3.77. The van der Waals surface area contributed by atoms with E-state index >= 15 is 0 Å². The van der Waals surface area contributed by atoms with Gasteiger partial charge in [0.05, 0.1) is 5.92 Å². The van der Waals surface area contributed by atoms with Crippen LogP contribution in [0, 0.1) is 5.92 Å². The lowest BCUT2D eigenvalue weighted by Gasteiger charge is -2.15. The first-order valence-corrected chi connectivity index (χ1v) is 6.19. The molecule has 1 unspecified atom stereocenters. The molecule has 0 spiro atoms. The van der Waals surface area contributed by atoms with Crippen LogP contribution in [0.25, 0.3) is 0 Å². The van der Waals surface area contributed by atoms with Crippen LogP contribution in [0.1, 0.15) is 44.3 Å². The third-order valence-electron chi connectivity index (χ3n) is 3.37. The fraction of sp³-hybridized carbons (Fsp3) is 0.818. The van der Waals surface area contributed by atoms with Gasteiger partial charge in [-0.15, -0.1) is 5.10 Å². The lowest BCUT2D eigenvalue weighted by molar-refractivity contribution is -0.165. The van der Waals surface area contributed by atoms with Crippen molar-refractivity contribution in [3.63, 3.8) is 0 Å². The van der Waals surface area contributed by atoms with Gasteiger partial charge in [0.2, 0.25) is 5.95 Å². The van der Waals surface area contributed by atoms with Crippen LogP contribution >= 0.6 is 0 Å². The van der Waals surface area contributed by atoms with E-state index in [1.807, 2.05) is 0 Å². The van der Waals surface area contributed by atoms with Crippen LogP contribution in [-0.2, 0) is 0 Å². The molecule has 102 valence electrons. The van der Waals surface area contributed by atoms with E-state index in [0.717, 1.165) is 25.6 Å². The minimum Gasteiger partial charge on any atom is -0.352 e. The maximum absolute atomic E-state index is 12.3. The molecule has 0 saturated heterocycles. The summed E-state index contributed by atoms with van der Waals surface area (Å²) in [6.07, 6.45) is 0.331. The Bertz CT molecular complexity index is 382. The molecule has 1 saturated carbocycles. The fourth-order valence-electron chi connectivity index (χ4n) is 2.10. The van der Waals surface area contributed by atoms with Crippen molar-refractivity contribution in [3.05, 3.63) is 5.82 Å². The molecule has 1 aromatic rings. The maximum atomic E-state index is 12.3. The van der Waals surface area contributed by atoms with Gasteiger partial charge < -0.3 is 5.32 Å². The second kappa shape index (κ2) is 5.16. The lowest BCUT2D eigenvalue weighted by Crippen LogP contribution is -2.27. The first kappa shape index (κ1) is 13.2. The molecule has 1 fully saturated rings. The van der Waals surface area contributed by atoms with Crippen LogP contribution in [0.2, 0.25) is 0 Å². The van der Waals surface area contributed by atoms with Gasteiger partial charge >= 0.3 is 6.18 Å². The predicted molar refractivity (Wildman–Crippen MR) is 61.3 cm³/mol. The number of aromatic nitrogens is 3. The van der Waals surface area contributed by atoms with E-state index in [4.69, 9.17) is 0 Å². The number of hydrogen-bond donors (Lipinski definition) is 2. The van der Waals surface area contributed by atoms with E-state index in [9.17, 15) is 13.2 Å². The van der Waals surface area contributed by atoms with Crippen LogP contribution in [0.3, 0.4) is 0 Å². The smallest absolute Gasteiger partial charge is 0.352 e. The molecule has 0 amide bonds. The molecule has 0 aliphatic heterocycles. The third kappa shape index (κ3) is 3.14. The average Bonchev–Trinajstić information content (AvgIpc) is 2.94. The van der Waals surface area contributed by atoms with Crippen LogP contribution in [-0.4, -0.2) is 27.9 Å². The number of alkyl halides is 3. The summed E-state index contributed by atoms with van der Waals surface area (Å²) in [5.74, 6) is 0.0154. The highest BCUT2D eigenvalue weighted by Crippen LogP contribution is 2.32. The maximum Gasteiger partial charge on any atom is 0.393 e. The Hall–Kier alpha value is -1.27. The second-order valence-electron chi connectivity index (χ2n) is 4.85. The predicted octanol–water partition coefficient (Wildman–Crippen LogP) is 3.07. The van der Waals surface area contributed by atoms with Crippen LogP contribution in [0.5, 0.6) is 0 Å². The van der Waals surface area contributed by atoms with Crippen molar-refractivity contribution in [2.75, 3.05) is 11.9 Å². The highest BCUT2D eigenvalue weighted by molar-refractivity contribution is 5.23. The molecule has 0 bridgehead atoms. The first-order valence-electron chi connectivity index (χ1n) is 6.19. The van der Waals surface area contributed by atoms with Crippen molar-refractivity contribution in [1.29, 1.82) is 0 Å². The standard InChI is InChI=1S/C11H17F3N4/c1-7(11(12,13)14)6-15-10-16-9(17-18-10)8-4-2-3-5-8/h7-8H,2-6H2,1H3,(H2,15,16,17,18). The van der Waals surface area contributed by atoms with E-state index in [1.165, 1.54) is 12.8 Å². The van der Waals surface area contributed by atoms with Gasteiger partial charge in [0, 0.05) is 12.5 Å². The number of H-pyrrole nitrogens is 1. The molecule has 4 nitrogen and oxygen atoms in total. The Labute approximate surface area is 103 Å². The zero-order valence-corrected chi connectivity index (χ0v) is 10.2. The Morgan fingerprint density at radius 1 is 1.39 bits per heavy atom. The van der Waals surface area contributed by atoms with Crippen molar-refractivity contribution in [2.45, 2.75) is 44.7 Å². The molecule has 1 aliphatic rings. The Balaban J connectivity index is 1.87. The molecule has 18 heavy (non-hydrogen) atoms. The topological polar surface area (TPSA) is 53.6 Å². The Morgan fingerprint density at radius 2 is 2.06 bits per heavy atom. The number of aromatic amines is 1. The van der Waals surface area contributed by atoms with Crippen molar-refractivity contribution in [3.8, 4) is 0 Å². The van der Waals surface area contributed by atoms with Gasteiger partial charge in [0.15, 0.2) is 0 Å². The average molecular weight is 262 g/mol. The van der Waals surface area contributed by atoms with Gasteiger partial charge in [-0.05, 0) is 12.8 Å². The number of anilines is 1. The highest BCUT2D eigenvalue weighted by atomic mass is 19.4. The monoisotopic (exact) mass is 262 g/mol. The SMILES string of the molecule is CC(CNc1n[nH]c(C2CCCC2)n1)C(F)(F)F. The number of nitrogens with zero attached hydrogens (tertiary/aromatic N) is 2. The molecule has 1 aromatic heterocycles. The summed E-state index contributed by atoms with van der Waals surface area (Å²) < 4.78 is 36.9. The quantitative estimate of drug-likeness (QED) is 0.876. The van der Waals surface area contributed by atoms with Crippen molar-refractivity contribution in [1.82, 2.24) is 15.2 Å². The summed E-state index contributed by atoms with van der Waals surface area (Å²) in [6.45, 7) is 0.934. The summed E-state index contributed by atoms with van der Waals surface area (Å²) in [6, 6.07) is 0. The minimum atomic E-state index is -4.18. The molecule has 0 aromatic carbocycles. The molecule has 2 N–H and O–H groups in total. The molecule has 1 heterocycles.